The first-order valence-electron chi connectivity index (χ1n) is 8.28. The highest BCUT2D eigenvalue weighted by Crippen LogP contribution is 2.21. The van der Waals surface area contributed by atoms with Gasteiger partial charge in [0.05, 0.1) is 11.4 Å². The van der Waals surface area contributed by atoms with E-state index in [2.05, 4.69) is 20.3 Å². The molecule has 0 aliphatic carbocycles. The van der Waals surface area contributed by atoms with E-state index in [1.54, 1.807) is 10.9 Å². The second-order valence-corrected chi connectivity index (χ2v) is 7.24. The number of fused-ring (bicyclic) bond motifs is 1. The second-order valence-electron chi connectivity index (χ2n) is 6.30. The maximum atomic E-state index is 12.3. The van der Waals surface area contributed by atoms with Crippen molar-refractivity contribution in [1.29, 1.82) is 0 Å². The minimum atomic E-state index is -0.114. The Morgan fingerprint density at radius 1 is 1.15 bits per heavy atom. The molecule has 0 atom stereocenters. The largest absolute Gasteiger partial charge is 0.334 e. The Morgan fingerprint density at radius 2 is 1.96 bits per heavy atom. The molecule has 0 aliphatic heterocycles. The minimum absolute atomic E-state index is 0.114. The number of hydrogen-bond acceptors (Lipinski definition) is 7. The molecule has 0 aliphatic rings. The van der Waals surface area contributed by atoms with Crippen LogP contribution in [0.5, 0.6) is 0 Å². The van der Waals surface area contributed by atoms with Gasteiger partial charge in [-0.05, 0) is 38.5 Å². The summed E-state index contributed by atoms with van der Waals surface area (Å²) in [5, 5.41) is 13.2. The molecule has 4 heterocycles. The van der Waals surface area contributed by atoms with Crippen LogP contribution in [0.2, 0.25) is 0 Å². The van der Waals surface area contributed by atoms with E-state index in [1.165, 1.54) is 26.9 Å². The Morgan fingerprint density at radius 3 is 2.70 bits per heavy atom. The first-order chi connectivity index (χ1) is 12.9. The molecular formula is C17H18N8OS. The zero-order valence-corrected chi connectivity index (χ0v) is 15.9. The Balaban J connectivity index is 1.59. The molecule has 4 rings (SSSR count). The average molecular weight is 382 g/mol. The average Bonchev–Trinajstić information content (AvgIpc) is 3.15. The number of hydrogen-bond donors (Lipinski definition) is 1. The fourth-order valence-corrected chi connectivity index (χ4v) is 3.56. The third-order valence-electron chi connectivity index (χ3n) is 4.06. The van der Waals surface area contributed by atoms with Crippen LogP contribution in [0.1, 0.15) is 22.6 Å². The molecule has 4 aromatic rings. The van der Waals surface area contributed by atoms with E-state index in [0.29, 0.717) is 28.2 Å². The third-order valence-corrected chi connectivity index (χ3v) is 5.03. The number of nitrogens with zero attached hydrogens (tertiary/aromatic N) is 7. The summed E-state index contributed by atoms with van der Waals surface area (Å²) in [5.41, 5.74) is 3.95. The number of rotatable bonds is 4. The highest BCUT2D eigenvalue weighted by Gasteiger charge is 2.15. The van der Waals surface area contributed by atoms with Crippen molar-refractivity contribution in [3.8, 4) is 5.95 Å². The Bertz CT molecular complexity index is 1210. The van der Waals surface area contributed by atoms with Crippen molar-refractivity contribution < 1.29 is 0 Å². The number of nitrogens with two attached hydrogens (primary N) is 1. The molecule has 0 spiro atoms. The van der Waals surface area contributed by atoms with Crippen molar-refractivity contribution in [2.75, 3.05) is 5.84 Å². The smallest absolute Gasteiger partial charge is 0.271 e. The number of thioether (sulfide) groups is 1. The third kappa shape index (κ3) is 3.19. The summed E-state index contributed by atoms with van der Waals surface area (Å²) in [6.07, 6.45) is 1.78. The zero-order valence-electron chi connectivity index (χ0n) is 15.1. The molecule has 0 saturated heterocycles. The van der Waals surface area contributed by atoms with Crippen LogP contribution in [0.15, 0.2) is 40.4 Å². The van der Waals surface area contributed by atoms with Crippen LogP contribution in [0.3, 0.4) is 0 Å². The standard InChI is InChI=1S/C17H18N8OS/c1-10-4-5-14-19-13(7-15(26)23(14)8-10)9-27-17-21-20-16(24(17)18)25-12(3)6-11(2)22-25/h4-8H,9,18H2,1-3H3. The lowest BCUT2D eigenvalue weighted by Gasteiger charge is -2.06. The molecule has 0 unspecified atom stereocenters. The summed E-state index contributed by atoms with van der Waals surface area (Å²) in [7, 11) is 0. The molecule has 10 heteroatoms. The molecule has 138 valence electrons. The van der Waals surface area contributed by atoms with Crippen molar-refractivity contribution in [3.63, 3.8) is 0 Å². The minimum Gasteiger partial charge on any atom is -0.334 e. The maximum Gasteiger partial charge on any atom is 0.271 e. The molecule has 2 N–H and O–H groups in total. The maximum absolute atomic E-state index is 12.3. The van der Waals surface area contributed by atoms with Gasteiger partial charge < -0.3 is 5.84 Å². The second kappa shape index (κ2) is 6.54. The van der Waals surface area contributed by atoms with Crippen LogP contribution >= 0.6 is 11.8 Å². The number of nitrogen functional groups attached to an aromatic ring is 1. The fourth-order valence-electron chi connectivity index (χ4n) is 2.81. The molecule has 0 radical (unpaired) electrons. The summed E-state index contributed by atoms with van der Waals surface area (Å²) in [4.78, 5) is 16.8. The lowest BCUT2D eigenvalue weighted by Crippen LogP contribution is -2.17. The lowest BCUT2D eigenvalue weighted by molar-refractivity contribution is 0.727. The van der Waals surface area contributed by atoms with Crippen LogP contribution in [0.4, 0.5) is 0 Å². The van der Waals surface area contributed by atoms with Gasteiger partial charge >= 0.3 is 0 Å². The van der Waals surface area contributed by atoms with Crippen LogP contribution in [0, 0.1) is 20.8 Å². The van der Waals surface area contributed by atoms with E-state index in [1.807, 2.05) is 39.0 Å². The molecule has 0 bridgehead atoms. The number of aryl methyl sites for hydroxylation is 3. The van der Waals surface area contributed by atoms with Gasteiger partial charge in [-0.2, -0.15) is 5.10 Å². The van der Waals surface area contributed by atoms with Gasteiger partial charge in [-0.15, -0.1) is 10.2 Å². The Labute approximate surface area is 158 Å². The van der Waals surface area contributed by atoms with Gasteiger partial charge in [0.25, 0.3) is 11.5 Å². The lowest BCUT2D eigenvalue weighted by atomic mass is 10.3. The van der Waals surface area contributed by atoms with E-state index in [9.17, 15) is 4.79 Å². The first kappa shape index (κ1) is 17.3. The summed E-state index contributed by atoms with van der Waals surface area (Å²) >= 11 is 1.36. The van der Waals surface area contributed by atoms with E-state index < -0.39 is 0 Å². The van der Waals surface area contributed by atoms with E-state index in [-0.39, 0.29) is 5.56 Å². The van der Waals surface area contributed by atoms with Gasteiger partial charge in [0.1, 0.15) is 5.65 Å². The van der Waals surface area contributed by atoms with Gasteiger partial charge in [-0.25, -0.2) is 14.3 Å². The predicted octanol–water partition coefficient (Wildman–Crippen LogP) is 1.40. The fraction of sp³-hybridized carbons (Fsp3) is 0.235. The normalized spacial score (nSPS) is 11.4. The summed E-state index contributed by atoms with van der Waals surface area (Å²) < 4.78 is 4.58. The molecule has 0 aromatic carbocycles. The molecule has 0 saturated carbocycles. The van der Waals surface area contributed by atoms with Crippen LogP contribution in [-0.4, -0.2) is 34.0 Å². The van der Waals surface area contributed by atoms with Crippen molar-refractivity contribution in [2.24, 2.45) is 0 Å². The Kier molecular flexibility index (Phi) is 4.19. The van der Waals surface area contributed by atoms with Gasteiger partial charge in [0, 0.05) is 23.7 Å². The van der Waals surface area contributed by atoms with Crippen LogP contribution in [0.25, 0.3) is 11.6 Å². The van der Waals surface area contributed by atoms with Gasteiger partial charge in [-0.3, -0.25) is 9.20 Å². The Hall–Kier alpha value is -3.14. The van der Waals surface area contributed by atoms with Gasteiger partial charge in [0.15, 0.2) is 0 Å². The molecular weight excluding hydrogens is 364 g/mol. The van der Waals surface area contributed by atoms with E-state index in [4.69, 9.17) is 5.84 Å². The summed E-state index contributed by atoms with van der Waals surface area (Å²) in [6.45, 7) is 5.77. The van der Waals surface area contributed by atoms with Crippen LogP contribution in [-0.2, 0) is 5.75 Å². The van der Waals surface area contributed by atoms with Crippen molar-refractivity contribution in [3.05, 3.63) is 63.5 Å². The number of aromatic nitrogens is 7. The first-order valence-corrected chi connectivity index (χ1v) is 9.27. The molecule has 0 amide bonds. The molecule has 9 nitrogen and oxygen atoms in total. The van der Waals surface area contributed by atoms with Crippen molar-refractivity contribution >= 4 is 17.4 Å². The van der Waals surface area contributed by atoms with Crippen LogP contribution < -0.4 is 11.4 Å². The monoisotopic (exact) mass is 382 g/mol. The SMILES string of the molecule is Cc1ccc2nc(CSc3nnc(-n4nc(C)cc4C)n3N)cc(=O)n2c1. The van der Waals surface area contributed by atoms with Gasteiger partial charge in [-0.1, -0.05) is 17.8 Å². The highest BCUT2D eigenvalue weighted by atomic mass is 32.2. The zero-order chi connectivity index (χ0) is 19.1. The van der Waals surface area contributed by atoms with Gasteiger partial charge in [0.2, 0.25) is 5.16 Å². The number of pyridine rings is 1. The van der Waals surface area contributed by atoms with E-state index >= 15 is 0 Å². The summed E-state index contributed by atoms with van der Waals surface area (Å²) in [5.74, 6) is 7.02. The van der Waals surface area contributed by atoms with Crippen molar-refractivity contribution in [2.45, 2.75) is 31.7 Å². The summed E-state index contributed by atoms with van der Waals surface area (Å²) in [6, 6.07) is 7.22. The topological polar surface area (TPSA) is 109 Å². The van der Waals surface area contributed by atoms with E-state index in [0.717, 1.165) is 17.0 Å². The molecule has 27 heavy (non-hydrogen) atoms. The van der Waals surface area contributed by atoms with Crippen molar-refractivity contribution in [1.82, 2.24) is 34.0 Å². The molecule has 4 aromatic heterocycles. The quantitative estimate of drug-likeness (QED) is 0.420. The molecule has 0 fully saturated rings. The predicted molar refractivity (Wildman–Crippen MR) is 103 cm³/mol. The highest BCUT2D eigenvalue weighted by molar-refractivity contribution is 7.98.